The Morgan fingerprint density at radius 2 is 2.62 bits per heavy atom. The molecule has 0 N–H and O–H groups in total. The minimum atomic E-state index is 0.543. The fraction of sp³-hybridized carbons (Fsp3) is 0.857. The van der Waals surface area contributed by atoms with Gasteiger partial charge in [-0.25, -0.2) is 0 Å². The smallest absolute Gasteiger partial charge is 0.0748 e. The van der Waals surface area contributed by atoms with Gasteiger partial charge in [0, 0.05) is 7.92 Å². The molecule has 0 amide bonds. The van der Waals surface area contributed by atoms with Crippen molar-refractivity contribution < 1.29 is 2.74 Å². The van der Waals surface area contributed by atoms with Crippen molar-refractivity contribution in [1.29, 1.82) is 0 Å². The molecule has 0 aliphatic heterocycles. The molecule has 0 saturated carbocycles. The largest absolute Gasteiger partial charge is 0.301 e. The third-order valence-corrected chi connectivity index (χ3v) is 1.04. The predicted octanol–water partition coefficient (Wildman–Crippen LogP) is 2.27. The molecule has 0 radical (unpaired) electrons. The Kier molecular flexibility index (Phi) is 3.78. The van der Waals surface area contributed by atoms with Gasteiger partial charge in [-0.1, -0.05) is 26.2 Å². The molecule has 0 aliphatic rings. The van der Waals surface area contributed by atoms with E-state index in [1.165, 1.54) is 0 Å². The lowest BCUT2D eigenvalue weighted by Crippen LogP contribution is -1.78. The van der Waals surface area contributed by atoms with E-state index in [-0.39, 0.29) is 0 Å². The summed E-state index contributed by atoms with van der Waals surface area (Å²) in [7, 11) is 0. The van der Waals surface area contributed by atoms with Crippen LogP contribution in [-0.2, 0) is 0 Å². The van der Waals surface area contributed by atoms with E-state index < -0.39 is 0 Å². The predicted molar refractivity (Wildman–Crippen MR) is 38.6 cm³/mol. The van der Waals surface area contributed by atoms with Gasteiger partial charge < -0.3 is 4.99 Å². The lowest BCUT2D eigenvalue weighted by atomic mass is 10.2. The normalized spacial score (nSPS) is 14.0. The van der Waals surface area contributed by atoms with E-state index in [0.717, 1.165) is 38.9 Å². The number of hydrogen-bond donors (Lipinski definition) is 0. The summed E-state index contributed by atoms with van der Waals surface area (Å²) in [6.07, 6.45) is 4.35. The fourth-order valence-electron chi connectivity index (χ4n) is 0.557. The zero-order valence-electron chi connectivity index (χ0n) is 7.27. The van der Waals surface area contributed by atoms with Crippen molar-refractivity contribution in [3.8, 4) is 0 Å². The summed E-state index contributed by atoms with van der Waals surface area (Å²) in [5.41, 5.74) is 0. The highest BCUT2D eigenvalue weighted by Gasteiger charge is 1.82. The Morgan fingerprint density at radius 1 is 1.62 bits per heavy atom. The standard InChI is InChI=1S/C7H15N/c1-3-4-5-6-7-8-2/h2-7H2,1H3/i1D,2D. The molecule has 0 saturated heterocycles. The first-order valence-electron chi connectivity index (χ1n) is 4.36. The summed E-state index contributed by atoms with van der Waals surface area (Å²) in [6.45, 7) is 2.42. The van der Waals surface area contributed by atoms with Crippen molar-refractivity contribution in [1.82, 2.24) is 0 Å². The number of aliphatic imine (C=N–C) groups is 1. The minimum Gasteiger partial charge on any atom is -0.301 e. The maximum absolute atomic E-state index is 6.86. The maximum atomic E-state index is 6.86. The van der Waals surface area contributed by atoms with Crippen molar-refractivity contribution in [3.05, 3.63) is 0 Å². The molecule has 1 nitrogen and oxygen atoms in total. The van der Waals surface area contributed by atoms with Gasteiger partial charge >= 0.3 is 0 Å². The van der Waals surface area contributed by atoms with Crippen molar-refractivity contribution >= 4 is 6.69 Å². The fourth-order valence-corrected chi connectivity index (χ4v) is 0.557. The molecule has 8 heavy (non-hydrogen) atoms. The average molecular weight is 115 g/mol. The van der Waals surface area contributed by atoms with Gasteiger partial charge in [-0.05, 0) is 13.1 Å². The van der Waals surface area contributed by atoms with Gasteiger partial charge in [-0.3, -0.25) is 0 Å². The van der Waals surface area contributed by atoms with Crippen molar-refractivity contribution in [2.45, 2.75) is 32.6 Å². The zero-order chi connectivity index (χ0) is 7.66. The van der Waals surface area contributed by atoms with Gasteiger partial charge in [0.2, 0.25) is 0 Å². The molecular weight excluding hydrogens is 98.1 g/mol. The highest BCUT2D eigenvalue weighted by atomic mass is 14.7. The molecule has 0 atom stereocenters. The molecule has 0 aromatic rings. The van der Waals surface area contributed by atoms with Gasteiger partial charge in [0.25, 0.3) is 0 Å². The number of rotatable bonds is 5. The number of hydrogen-bond acceptors (Lipinski definition) is 1. The molecule has 48 valence electrons. The third-order valence-electron chi connectivity index (χ3n) is 1.04. The second kappa shape index (κ2) is 6.67. The molecule has 1 heteroatoms. The summed E-state index contributed by atoms with van der Waals surface area (Å²) in [6, 6.07) is 0. The van der Waals surface area contributed by atoms with Crippen LogP contribution in [0.2, 0.25) is 0 Å². The van der Waals surface area contributed by atoms with Crippen LogP contribution in [0, 0.1) is 0 Å². The van der Waals surface area contributed by atoms with E-state index in [9.17, 15) is 0 Å². The molecule has 0 rings (SSSR count). The lowest BCUT2D eigenvalue weighted by molar-refractivity contribution is 0.676. The molecule has 0 heterocycles. The van der Waals surface area contributed by atoms with E-state index in [4.69, 9.17) is 2.74 Å². The van der Waals surface area contributed by atoms with Gasteiger partial charge in [-0.2, -0.15) is 0 Å². The highest BCUT2D eigenvalue weighted by molar-refractivity contribution is 5.22. The second-order valence-electron chi connectivity index (χ2n) is 1.82. The van der Waals surface area contributed by atoms with E-state index in [1.54, 1.807) is 0 Å². The van der Waals surface area contributed by atoms with Crippen LogP contribution in [0.15, 0.2) is 4.99 Å². The average Bonchev–Trinajstić information content (AvgIpc) is 1.97. The Balaban J connectivity index is 2.77. The molecular formula is C7H15N. The number of unbranched alkanes of at least 4 members (excludes halogenated alkanes) is 3. The van der Waals surface area contributed by atoms with Crippen molar-refractivity contribution in [2.75, 3.05) is 6.54 Å². The van der Waals surface area contributed by atoms with Crippen LogP contribution < -0.4 is 0 Å². The molecule has 0 spiro atoms. The topological polar surface area (TPSA) is 12.4 Å². The first-order valence-corrected chi connectivity index (χ1v) is 3.07. The van der Waals surface area contributed by atoms with Crippen LogP contribution >= 0.6 is 0 Å². The monoisotopic (exact) mass is 115 g/mol. The van der Waals surface area contributed by atoms with Gasteiger partial charge in [0.1, 0.15) is 0 Å². The first-order chi connectivity index (χ1) is 4.91. The van der Waals surface area contributed by atoms with E-state index >= 15 is 0 Å². The van der Waals surface area contributed by atoms with E-state index in [1.807, 2.05) is 0 Å². The van der Waals surface area contributed by atoms with Crippen LogP contribution in [0.4, 0.5) is 0 Å². The van der Waals surface area contributed by atoms with Gasteiger partial charge in [0.05, 0.1) is 1.37 Å². The summed E-state index contributed by atoms with van der Waals surface area (Å²) in [4.78, 5) is 3.76. The third kappa shape index (κ3) is 5.67. The van der Waals surface area contributed by atoms with E-state index in [0.29, 0.717) is 6.90 Å². The number of nitrogens with zero attached hydrogens (tertiary/aromatic N) is 1. The zero-order valence-corrected chi connectivity index (χ0v) is 5.27. The Hall–Kier alpha value is -0.330. The molecule has 0 unspecified atom stereocenters. The van der Waals surface area contributed by atoms with Crippen molar-refractivity contribution in [2.24, 2.45) is 4.99 Å². The second-order valence-corrected chi connectivity index (χ2v) is 1.82. The van der Waals surface area contributed by atoms with E-state index in [2.05, 4.69) is 4.99 Å². The lowest BCUT2D eigenvalue weighted by Gasteiger charge is -1.91. The molecule has 0 aliphatic carbocycles. The molecule has 0 aromatic heterocycles. The Labute approximate surface area is 54.6 Å². The van der Waals surface area contributed by atoms with Gasteiger partial charge in [0.15, 0.2) is 0 Å². The van der Waals surface area contributed by atoms with Crippen LogP contribution in [0.1, 0.15) is 35.3 Å². The van der Waals surface area contributed by atoms with Crippen LogP contribution in [0.25, 0.3) is 0 Å². The molecule has 0 fully saturated rings. The first kappa shape index (κ1) is 4.54. The minimum absolute atomic E-state index is 0.543. The van der Waals surface area contributed by atoms with Crippen LogP contribution in [0.3, 0.4) is 0 Å². The van der Waals surface area contributed by atoms with Crippen molar-refractivity contribution in [3.63, 3.8) is 0 Å². The summed E-state index contributed by atoms with van der Waals surface area (Å²) >= 11 is 0. The summed E-state index contributed by atoms with van der Waals surface area (Å²) in [5.74, 6) is 0. The van der Waals surface area contributed by atoms with Gasteiger partial charge in [-0.15, -0.1) is 0 Å². The Bertz CT molecular complexity index is 83.7. The SMILES string of the molecule is [2H]C=NCCCCCC[2H]. The Morgan fingerprint density at radius 3 is 3.38 bits per heavy atom. The van der Waals surface area contributed by atoms with Crippen LogP contribution in [-0.4, -0.2) is 13.2 Å². The summed E-state index contributed by atoms with van der Waals surface area (Å²) < 4.78 is 13.5. The molecule has 0 aromatic carbocycles. The molecule has 0 bridgehead atoms. The highest BCUT2D eigenvalue weighted by Crippen LogP contribution is 1.97. The quantitative estimate of drug-likeness (QED) is 0.385. The van der Waals surface area contributed by atoms with Crippen LogP contribution in [0.5, 0.6) is 0 Å². The maximum Gasteiger partial charge on any atom is 0.0748 e. The summed E-state index contributed by atoms with van der Waals surface area (Å²) in [5, 5.41) is 0.